The molecule has 0 radical (unpaired) electrons. The summed E-state index contributed by atoms with van der Waals surface area (Å²) < 4.78 is 8.90. The summed E-state index contributed by atoms with van der Waals surface area (Å²) in [4.78, 5) is 12.7. The fraction of sp³-hybridized carbons (Fsp3) is 0.148. The highest BCUT2D eigenvalue weighted by Crippen LogP contribution is 2.19. The Hall–Kier alpha value is -3.71. The Bertz CT molecular complexity index is 1330. The average Bonchev–Trinajstić information content (AvgIpc) is 3.14. The summed E-state index contributed by atoms with van der Waals surface area (Å²) in [7, 11) is 0. The molecule has 0 fully saturated rings. The first-order chi connectivity index (χ1) is 16.5. The van der Waals surface area contributed by atoms with Crippen LogP contribution in [0.15, 0.2) is 88.4 Å². The van der Waals surface area contributed by atoms with Crippen LogP contribution in [-0.4, -0.2) is 21.9 Å². The summed E-state index contributed by atoms with van der Waals surface area (Å²) in [6.45, 7) is 5.02. The summed E-state index contributed by atoms with van der Waals surface area (Å²) in [6, 6.07) is 25.0. The highest BCUT2D eigenvalue weighted by atomic mass is 79.9. The van der Waals surface area contributed by atoms with E-state index >= 15 is 0 Å². The zero-order valence-corrected chi connectivity index (χ0v) is 20.6. The summed E-state index contributed by atoms with van der Waals surface area (Å²) in [6.07, 6.45) is 1.59. The third-order valence-electron chi connectivity index (χ3n) is 5.20. The summed E-state index contributed by atoms with van der Waals surface area (Å²) >= 11 is 3.47. The lowest BCUT2D eigenvalue weighted by molar-refractivity contribution is 0.0955. The second-order valence-corrected chi connectivity index (χ2v) is 8.86. The van der Waals surface area contributed by atoms with Gasteiger partial charge in [0, 0.05) is 21.3 Å². The van der Waals surface area contributed by atoms with Gasteiger partial charge in [0.25, 0.3) is 5.91 Å². The van der Waals surface area contributed by atoms with E-state index in [2.05, 4.69) is 31.6 Å². The van der Waals surface area contributed by atoms with Crippen LogP contribution >= 0.6 is 15.9 Å². The van der Waals surface area contributed by atoms with E-state index in [-0.39, 0.29) is 5.91 Å². The number of ether oxygens (including phenoxy) is 1. The van der Waals surface area contributed by atoms with Gasteiger partial charge in [-0.05, 0) is 67.4 Å². The van der Waals surface area contributed by atoms with Gasteiger partial charge in [-0.25, -0.2) is 5.43 Å². The smallest absolute Gasteiger partial charge is 0.271 e. The Labute approximate surface area is 207 Å². The monoisotopic (exact) mass is 516 g/mol. The van der Waals surface area contributed by atoms with Crippen molar-refractivity contribution in [2.45, 2.75) is 27.0 Å². The van der Waals surface area contributed by atoms with Gasteiger partial charge in [0.2, 0.25) is 0 Å². The largest absolute Gasteiger partial charge is 0.488 e. The molecule has 7 heteroatoms. The molecule has 3 aromatic carbocycles. The first-order valence-electron chi connectivity index (χ1n) is 10.9. The molecule has 0 atom stereocenters. The van der Waals surface area contributed by atoms with Crippen LogP contribution in [-0.2, 0) is 13.2 Å². The van der Waals surface area contributed by atoms with E-state index in [1.165, 1.54) is 0 Å². The van der Waals surface area contributed by atoms with Crippen LogP contribution in [0.25, 0.3) is 0 Å². The summed E-state index contributed by atoms with van der Waals surface area (Å²) in [5.41, 5.74) is 8.02. The van der Waals surface area contributed by atoms with Gasteiger partial charge in [0.15, 0.2) is 0 Å². The maximum Gasteiger partial charge on any atom is 0.271 e. The number of hydrogen-bond donors (Lipinski definition) is 1. The molecule has 0 aliphatic heterocycles. The van der Waals surface area contributed by atoms with Gasteiger partial charge >= 0.3 is 0 Å². The number of para-hydroxylation sites is 1. The minimum atomic E-state index is -0.279. The molecule has 0 saturated heterocycles. The predicted octanol–water partition coefficient (Wildman–Crippen LogP) is 5.65. The maximum atomic E-state index is 12.7. The molecular formula is C27H25BrN4O2. The zero-order chi connectivity index (χ0) is 23.9. The molecule has 4 rings (SSSR count). The lowest BCUT2D eigenvalue weighted by Gasteiger charge is -2.09. The number of carbonyl (C=O) groups is 1. The molecule has 1 heterocycles. The number of hydrogen-bond acceptors (Lipinski definition) is 4. The quantitative estimate of drug-likeness (QED) is 0.243. The van der Waals surface area contributed by atoms with Gasteiger partial charge in [-0.15, -0.1) is 0 Å². The van der Waals surface area contributed by atoms with Crippen molar-refractivity contribution in [1.82, 2.24) is 15.2 Å². The van der Waals surface area contributed by atoms with Gasteiger partial charge in [0.05, 0.1) is 18.5 Å². The zero-order valence-electron chi connectivity index (χ0n) is 19.0. The number of halogens is 1. The number of nitrogens with zero attached hydrogens (tertiary/aromatic N) is 3. The molecule has 0 spiro atoms. The Kier molecular flexibility index (Phi) is 7.54. The molecule has 1 aromatic heterocycles. The second-order valence-electron chi connectivity index (χ2n) is 7.94. The topological polar surface area (TPSA) is 68.5 Å². The summed E-state index contributed by atoms with van der Waals surface area (Å²) in [5, 5.41) is 8.64. The predicted molar refractivity (Wildman–Crippen MR) is 137 cm³/mol. The van der Waals surface area contributed by atoms with E-state index in [0.29, 0.717) is 24.5 Å². The third-order valence-corrected chi connectivity index (χ3v) is 5.69. The fourth-order valence-corrected chi connectivity index (χ4v) is 4.00. The van der Waals surface area contributed by atoms with Crippen molar-refractivity contribution >= 4 is 28.1 Å². The molecule has 0 unspecified atom stereocenters. The van der Waals surface area contributed by atoms with Crippen LogP contribution in [0.2, 0.25) is 0 Å². The number of aromatic nitrogens is 2. The van der Waals surface area contributed by atoms with Crippen molar-refractivity contribution in [2.75, 3.05) is 0 Å². The Morgan fingerprint density at radius 3 is 2.62 bits per heavy atom. The molecule has 0 aliphatic carbocycles. The second kappa shape index (κ2) is 10.9. The van der Waals surface area contributed by atoms with E-state index < -0.39 is 0 Å². The number of carbonyl (C=O) groups excluding carboxylic acids is 1. The van der Waals surface area contributed by atoms with Crippen LogP contribution in [0.5, 0.6) is 5.75 Å². The molecule has 172 valence electrons. The van der Waals surface area contributed by atoms with Crippen LogP contribution < -0.4 is 10.2 Å². The number of aryl methyl sites for hydroxylation is 2. The van der Waals surface area contributed by atoms with Gasteiger partial charge in [-0.1, -0.05) is 52.3 Å². The molecule has 0 aliphatic rings. The number of benzene rings is 3. The van der Waals surface area contributed by atoms with Gasteiger partial charge in [-0.3, -0.25) is 9.48 Å². The van der Waals surface area contributed by atoms with E-state index in [1.807, 2.05) is 91.3 Å². The Morgan fingerprint density at radius 2 is 1.82 bits per heavy atom. The number of amides is 1. The van der Waals surface area contributed by atoms with Gasteiger partial charge in [0.1, 0.15) is 12.4 Å². The van der Waals surface area contributed by atoms with E-state index in [1.54, 1.807) is 12.3 Å². The molecule has 0 bridgehead atoms. The highest BCUT2D eigenvalue weighted by Gasteiger charge is 2.08. The van der Waals surface area contributed by atoms with E-state index in [0.717, 1.165) is 32.6 Å². The number of rotatable bonds is 8. The van der Waals surface area contributed by atoms with E-state index in [4.69, 9.17) is 4.74 Å². The Morgan fingerprint density at radius 1 is 1.03 bits per heavy atom. The van der Waals surface area contributed by atoms with Crippen LogP contribution in [0.4, 0.5) is 0 Å². The third kappa shape index (κ3) is 6.20. The van der Waals surface area contributed by atoms with Crippen molar-refractivity contribution < 1.29 is 9.53 Å². The van der Waals surface area contributed by atoms with Crippen molar-refractivity contribution in [3.05, 3.63) is 117 Å². The molecule has 1 N–H and O–H groups in total. The van der Waals surface area contributed by atoms with Crippen molar-refractivity contribution in [3.8, 4) is 5.75 Å². The molecule has 6 nitrogen and oxygen atoms in total. The lowest BCUT2D eigenvalue weighted by Crippen LogP contribution is -2.18. The summed E-state index contributed by atoms with van der Waals surface area (Å²) in [5.74, 6) is 0.409. The minimum Gasteiger partial charge on any atom is -0.488 e. The van der Waals surface area contributed by atoms with E-state index in [9.17, 15) is 4.79 Å². The lowest BCUT2D eigenvalue weighted by atomic mass is 10.1. The number of nitrogens with one attached hydrogen (secondary N) is 1. The molecule has 4 aromatic rings. The van der Waals surface area contributed by atoms with Gasteiger partial charge < -0.3 is 4.74 Å². The molecule has 34 heavy (non-hydrogen) atoms. The Balaban J connectivity index is 1.39. The van der Waals surface area contributed by atoms with Crippen molar-refractivity contribution in [2.24, 2.45) is 5.10 Å². The first kappa shape index (κ1) is 23.4. The SMILES string of the molecule is Cc1cc(C)n(Cc2cccc(C(=O)NN=Cc3ccccc3OCc3cccc(Br)c3)c2)n1. The van der Waals surface area contributed by atoms with Crippen LogP contribution in [0.1, 0.15) is 38.4 Å². The average molecular weight is 517 g/mol. The van der Waals surface area contributed by atoms with Crippen LogP contribution in [0, 0.1) is 13.8 Å². The maximum absolute atomic E-state index is 12.7. The number of hydrazone groups is 1. The standard InChI is InChI=1S/C27H25BrN4O2/c1-19-13-20(2)32(31-19)17-21-7-5-10-23(14-21)27(33)30-29-16-24-9-3-4-12-26(24)34-18-22-8-6-11-25(28)15-22/h3-16H,17-18H2,1-2H3,(H,30,33). The first-order valence-corrected chi connectivity index (χ1v) is 11.7. The molecular weight excluding hydrogens is 492 g/mol. The van der Waals surface area contributed by atoms with Crippen molar-refractivity contribution in [3.63, 3.8) is 0 Å². The molecule has 0 saturated carbocycles. The normalized spacial score (nSPS) is 11.0. The van der Waals surface area contributed by atoms with Crippen LogP contribution in [0.3, 0.4) is 0 Å². The minimum absolute atomic E-state index is 0.279. The van der Waals surface area contributed by atoms with Gasteiger partial charge in [-0.2, -0.15) is 10.2 Å². The highest BCUT2D eigenvalue weighted by molar-refractivity contribution is 9.10. The fourth-order valence-electron chi connectivity index (χ4n) is 3.55. The van der Waals surface area contributed by atoms with Crippen molar-refractivity contribution in [1.29, 1.82) is 0 Å². The molecule has 1 amide bonds.